The summed E-state index contributed by atoms with van der Waals surface area (Å²) in [6.07, 6.45) is 0. The minimum absolute atomic E-state index is 0. The number of nitrogens with zero attached hydrogens (tertiary/aromatic N) is 1. The fourth-order valence-electron chi connectivity index (χ4n) is 0. The Kier molecular flexibility index (Phi) is 62.3. The van der Waals surface area contributed by atoms with Crippen LogP contribution in [0.2, 0.25) is 0 Å². The van der Waals surface area contributed by atoms with Crippen LogP contribution in [0.4, 0.5) is 0 Å². The Hall–Kier alpha value is 0.0499. The lowest BCUT2D eigenvalue weighted by Crippen LogP contribution is -1.99. The van der Waals surface area contributed by atoms with Gasteiger partial charge in [0, 0.05) is 0 Å². The summed E-state index contributed by atoms with van der Waals surface area (Å²) in [7, 11) is 9.75. The molecular formula is C5H22B2N2. The number of hydrogen-bond acceptors (Lipinski definition) is 2. The Bertz CT molecular complexity index is 24.2. The van der Waals surface area contributed by atoms with Gasteiger partial charge in [-0.3, -0.25) is 0 Å². The first kappa shape index (κ1) is 23.0. The molecule has 0 aromatic carbocycles. The summed E-state index contributed by atoms with van der Waals surface area (Å²) in [5, 5.41) is 2.75. The molecule has 0 aromatic heterocycles. The maximum Gasteiger partial charge on any atom is 0.0814 e. The van der Waals surface area contributed by atoms with E-state index in [9.17, 15) is 0 Å². The lowest BCUT2D eigenvalue weighted by atomic mass is 10.8. The molecule has 0 aliphatic rings. The zero-order chi connectivity index (χ0) is 6.28. The fraction of sp³-hybridized carbons (Fsp3) is 1.00. The lowest BCUT2D eigenvalue weighted by molar-refractivity contribution is 0.505. The first-order valence-electron chi connectivity index (χ1n) is 2.34. The summed E-state index contributed by atoms with van der Waals surface area (Å²) in [4.78, 5) is 2.00. The average Bonchev–Trinajstić information content (AvgIpc) is 1.33. The molecule has 2 nitrogen and oxygen atoms in total. The van der Waals surface area contributed by atoms with E-state index in [0.29, 0.717) is 0 Å². The van der Waals surface area contributed by atoms with Crippen LogP contribution in [0.25, 0.3) is 0 Å². The molecule has 0 saturated carbocycles. The van der Waals surface area contributed by atoms with Crippen LogP contribution in [0.3, 0.4) is 0 Å². The molecule has 58 valence electrons. The third kappa shape index (κ3) is 118000. The predicted octanol–water partition coefficient (Wildman–Crippen LogP) is -2.35. The van der Waals surface area contributed by atoms with Crippen LogP contribution in [0.5, 0.6) is 0 Å². The molecular weight excluding hydrogens is 110 g/mol. The van der Waals surface area contributed by atoms with Crippen LogP contribution < -0.4 is 5.32 Å². The molecule has 0 amide bonds. The molecule has 1 N–H and O–H groups in total. The molecule has 0 aliphatic heterocycles. The van der Waals surface area contributed by atoms with Gasteiger partial charge in [0.05, 0.1) is 16.8 Å². The molecule has 0 unspecified atom stereocenters. The van der Waals surface area contributed by atoms with Crippen LogP contribution in [0, 0.1) is 0 Å². The van der Waals surface area contributed by atoms with E-state index < -0.39 is 0 Å². The van der Waals surface area contributed by atoms with E-state index in [0.717, 1.165) is 0 Å². The van der Waals surface area contributed by atoms with Gasteiger partial charge in [0.1, 0.15) is 0 Å². The van der Waals surface area contributed by atoms with Crippen LogP contribution in [-0.2, 0) is 0 Å². The monoisotopic (exact) mass is 132 g/mol. The number of hydrogen-bond donors (Lipinski definition) is 1. The molecule has 0 heterocycles. The second-order valence-corrected chi connectivity index (χ2v) is 1.84. The van der Waals surface area contributed by atoms with Gasteiger partial charge in [-0.1, -0.05) is 0 Å². The molecule has 0 atom stereocenters. The molecule has 0 aliphatic carbocycles. The smallest absolute Gasteiger partial charge is 0.0814 e. The Morgan fingerprint density at radius 3 is 0.889 bits per heavy atom. The average molecular weight is 132 g/mol. The van der Waals surface area contributed by atoms with Gasteiger partial charge in [-0.05, 0) is 35.2 Å². The Morgan fingerprint density at radius 1 is 0.889 bits per heavy atom. The van der Waals surface area contributed by atoms with Crippen LogP contribution in [-0.4, -0.2) is 57.0 Å². The largest absolute Gasteiger partial charge is 0.323 e. The van der Waals surface area contributed by atoms with Crippen molar-refractivity contribution in [1.29, 1.82) is 0 Å². The highest BCUT2D eigenvalue weighted by atomic mass is 15.0. The zero-order valence-electron chi connectivity index (χ0n) is 5.95. The van der Waals surface area contributed by atoms with Crippen molar-refractivity contribution in [2.75, 3.05) is 35.2 Å². The van der Waals surface area contributed by atoms with Gasteiger partial charge in [-0.25, -0.2) is 0 Å². The second kappa shape index (κ2) is 24.4. The first-order chi connectivity index (χ1) is 3.15. The molecule has 9 heavy (non-hydrogen) atoms. The van der Waals surface area contributed by atoms with Crippen molar-refractivity contribution in [3.63, 3.8) is 0 Å². The summed E-state index contributed by atoms with van der Waals surface area (Å²) < 4.78 is 0. The molecule has 4 heteroatoms. The van der Waals surface area contributed by atoms with E-state index in [4.69, 9.17) is 0 Å². The Morgan fingerprint density at radius 2 is 0.889 bits per heavy atom. The zero-order valence-corrected chi connectivity index (χ0v) is 5.95. The van der Waals surface area contributed by atoms with E-state index >= 15 is 0 Å². The van der Waals surface area contributed by atoms with E-state index in [1.54, 1.807) is 0 Å². The van der Waals surface area contributed by atoms with Crippen molar-refractivity contribution < 1.29 is 0 Å². The molecule has 0 rings (SSSR count). The maximum absolute atomic E-state index is 2.75. The van der Waals surface area contributed by atoms with Crippen LogP contribution in [0.15, 0.2) is 0 Å². The fourth-order valence-corrected chi connectivity index (χ4v) is 0. The van der Waals surface area contributed by atoms with Gasteiger partial charge in [-0.2, -0.15) is 0 Å². The summed E-state index contributed by atoms with van der Waals surface area (Å²) in [5.41, 5.74) is 0. The van der Waals surface area contributed by atoms with Gasteiger partial charge in [0.25, 0.3) is 0 Å². The standard InChI is InChI=1S/C3H9N.C2H7N.2BH3/c1-4(2)3;1-3-2;;/h1-3H3;3H,1-2H3;2*1H3. The van der Waals surface area contributed by atoms with Gasteiger partial charge >= 0.3 is 0 Å². The highest BCUT2D eigenvalue weighted by molar-refractivity contribution is 5.76. The maximum atomic E-state index is 2.75. The second-order valence-electron chi connectivity index (χ2n) is 1.84. The van der Waals surface area contributed by atoms with Gasteiger partial charge in [0.2, 0.25) is 0 Å². The number of rotatable bonds is 0. The molecule has 0 radical (unpaired) electrons. The summed E-state index contributed by atoms with van der Waals surface area (Å²) in [5.74, 6) is 0. The van der Waals surface area contributed by atoms with E-state index in [-0.39, 0.29) is 16.8 Å². The third-order valence-electron chi connectivity index (χ3n) is 0. The van der Waals surface area contributed by atoms with Crippen LogP contribution in [0.1, 0.15) is 0 Å². The summed E-state index contributed by atoms with van der Waals surface area (Å²) >= 11 is 0. The first-order valence-corrected chi connectivity index (χ1v) is 2.34. The van der Waals surface area contributed by atoms with E-state index in [2.05, 4.69) is 5.32 Å². The van der Waals surface area contributed by atoms with Gasteiger partial charge < -0.3 is 10.2 Å². The van der Waals surface area contributed by atoms with Crippen molar-refractivity contribution in [1.82, 2.24) is 10.2 Å². The Labute approximate surface area is 63.2 Å². The normalized spacial score (nSPS) is 6.00. The van der Waals surface area contributed by atoms with E-state index in [1.165, 1.54) is 0 Å². The van der Waals surface area contributed by atoms with E-state index in [1.807, 2.05) is 40.1 Å². The summed E-state index contributed by atoms with van der Waals surface area (Å²) in [6, 6.07) is 0. The lowest BCUT2D eigenvalue weighted by Gasteiger charge is -1.90. The molecule has 0 spiro atoms. The van der Waals surface area contributed by atoms with Gasteiger partial charge in [0.15, 0.2) is 0 Å². The van der Waals surface area contributed by atoms with Crippen molar-refractivity contribution in [2.45, 2.75) is 0 Å². The highest BCUT2D eigenvalue weighted by Gasteiger charge is 1.58. The third-order valence-corrected chi connectivity index (χ3v) is 0. The van der Waals surface area contributed by atoms with Crippen molar-refractivity contribution in [2.24, 2.45) is 0 Å². The predicted molar refractivity (Wildman–Crippen MR) is 54.5 cm³/mol. The topological polar surface area (TPSA) is 15.3 Å². The minimum atomic E-state index is 0. The number of nitrogens with one attached hydrogen (secondary N) is 1. The van der Waals surface area contributed by atoms with Crippen molar-refractivity contribution >= 4 is 16.8 Å². The quantitative estimate of drug-likeness (QED) is 0.371. The van der Waals surface area contributed by atoms with Crippen molar-refractivity contribution in [3.8, 4) is 0 Å². The highest BCUT2D eigenvalue weighted by Crippen LogP contribution is 1.47. The molecule has 0 fully saturated rings. The molecule has 0 bridgehead atoms. The summed E-state index contributed by atoms with van der Waals surface area (Å²) in [6.45, 7) is 0. The van der Waals surface area contributed by atoms with Crippen LogP contribution >= 0.6 is 0 Å². The molecule has 0 saturated heterocycles. The SMILES string of the molecule is B.B.CN(C)C.CNC. The minimum Gasteiger partial charge on any atom is -0.323 e. The Balaban J connectivity index is -0.0000000233. The van der Waals surface area contributed by atoms with Crippen molar-refractivity contribution in [3.05, 3.63) is 0 Å². The van der Waals surface area contributed by atoms with Gasteiger partial charge in [-0.15, -0.1) is 0 Å². The molecule has 0 aromatic rings.